The molecular formula is C22H15N5O6. The van der Waals surface area contributed by atoms with Crippen molar-refractivity contribution < 1.29 is 19.2 Å². The fourth-order valence-electron chi connectivity index (χ4n) is 3.04. The number of benzene rings is 3. The molecule has 0 saturated heterocycles. The molecule has 0 spiro atoms. The van der Waals surface area contributed by atoms with E-state index in [0.29, 0.717) is 5.75 Å². The Morgan fingerprint density at radius 2 is 1.58 bits per heavy atom. The Morgan fingerprint density at radius 3 is 2.30 bits per heavy atom. The number of carbonyl (C=O) groups excluding carboxylic acids is 2. The van der Waals surface area contributed by atoms with E-state index in [1.54, 1.807) is 48.5 Å². The number of carbonyl (C=O) groups is 2. The zero-order chi connectivity index (χ0) is 23.4. The molecule has 0 bridgehead atoms. The summed E-state index contributed by atoms with van der Waals surface area (Å²) in [4.78, 5) is 47.8. The molecule has 0 radical (unpaired) electrons. The van der Waals surface area contributed by atoms with Crippen molar-refractivity contribution in [2.24, 2.45) is 0 Å². The third-order valence-corrected chi connectivity index (χ3v) is 4.59. The van der Waals surface area contributed by atoms with Crippen molar-refractivity contribution in [3.63, 3.8) is 0 Å². The number of nitro groups is 1. The number of amides is 2. The lowest BCUT2D eigenvalue weighted by Gasteiger charge is -2.12. The van der Waals surface area contributed by atoms with Crippen molar-refractivity contribution >= 4 is 28.3 Å². The summed E-state index contributed by atoms with van der Waals surface area (Å²) in [5.41, 5.74) is 3.30. The van der Waals surface area contributed by atoms with Gasteiger partial charge in [-0.3, -0.25) is 35.3 Å². The van der Waals surface area contributed by atoms with E-state index in [-0.39, 0.29) is 33.5 Å². The molecule has 3 aromatic carbocycles. The highest BCUT2D eigenvalue weighted by molar-refractivity contribution is 6.06. The molecule has 11 heteroatoms. The molecule has 4 rings (SSSR count). The van der Waals surface area contributed by atoms with Crippen LogP contribution in [0.5, 0.6) is 11.5 Å². The molecule has 0 unspecified atom stereocenters. The van der Waals surface area contributed by atoms with Crippen molar-refractivity contribution in [2.75, 3.05) is 0 Å². The van der Waals surface area contributed by atoms with Gasteiger partial charge in [0.2, 0.25) is 0 Å². The van der Waals surface area contributed by atoms with Crippen molar-refractivity contribution in [1.82, 2.24) is 21.0 Å². The van der Waals surface area contributed by atoms with E-state index in [0.717, 1.165) is 6.07 Å². The van der Waals surface area contributed by atoms with Gasteiger partial charge in [0, 0.05) is 17.5 Å². The number of ether oxygens (including phenoxy) is 1. The summed E-state index contributed by atoms with van der Waals surface area (Å²) in [6, 6.07) is 18.4. The third kappa shape index (κ3) is 4.51. The van der Waals surface area contributed by atoms with Gasteiger partial charge in [-0.15, -0.1) is 0 Å². The van der Waals surface area contributed by atoms with Crippen molar-refractivity contribution in [3.05, 3.63) is 105 Å². The number of aromatic nitrogens is 2. The van der Waals surface area contributed by atoms with Gasteiger partial charge >= 0.3 is 0 Å². The van der Waals surface area contributed by atoms with Gasteiger partial charge in [0.15, 0.2) is 5.69 Å². The molecule has 2 amide bonds. The van der Waals surface area contributed by atoms with E-state index >= 15 is 0 Å². The number of fused-ring (bicyclic) bond motifs is 1. The van der Waals surface area contributed by atoms with E-state index in [1.807, 2.05) is 0 Å². The Bertz CT molecular complexity index is 1430. The molecule has 0 aliphatic heterocycles. The number of H-pyrrole nitrogens is 1. The molecule has 0 saturated carbocycles. The Kier molecular flexibility index (Phi) is 5.76. The number of nitrogens with one attached hydrogen (secondary N) is 3. The van der Waals surface area contributed by atoms with E-state index in [9.17, 15) is 24.5 Å². The lowest BCUT2D eigenvalue weighted by Crippen LogP contribution is -2.42. The van der Waals surface area contributed by atoms with Crippen molar-refractivity contribution in [1.29, 1.82) is 0 Å². The number of rotatable bonds is 5. The molecule has 3 N–H and O–H groups in total. The fraction of sp³-hybridized carbons (Fsp3) is 0. The molecule has 0 aliphatic carbocycles. The van der Waals surface area contributed by atoms with Gasteiger partial charge in [-0.05, 0) is 24.3 Å². The van der Waals surface area contributed by atoms with Crippen LogP contribution in [0.2, 0.25) is 0 Å². The lowest BCUT2D eigenvalue weighted by atomic mass is 10.1. The van der Waals surface area contributed by atoms with Crippen LogP contribution in [0.3, 0.4) is 0 Å². The summed E-state index contributed by atoms with van der Waals surface area (Å²) in [5.74, 6) is -1.20. The molecule has 11 nitrogen and oxygen atoms in total. The minimum atomic E-state index is -0.855. The first-order valence-corrected chi connectivity index (χ1v) is 9.53. The maximum absolute atomic E-state index is 12.8. The average molecular weight is 445 g/mol. The van der Waals surface area contributed by atoms with Gasteiger partial charge in [0.25, 0.3) is 23.1 Å². The molecule has 164 valence electrons. The minimum Gasteiger partial charge on any atom is -0.457 e. The Hall–Kier alpha value is -5.06. The summed E-state index contributed by atoms with van der Waals surface area (Å²) in [5, 5.41) is 17.7. The number of non-ortho nitro benzene ring substituents is 1. The van der Waals surface area contributed by atoms with Crippen LogP contribution in [-0.2, 0) is 0 Å². The van der Waals surface area contributed by atoms with Gasteiger partial charge in [0.1, 0.15) is 11.5 Å². The number of para-hydroxylation sites is 1. The largest absolute Gasteiger partial charge is 0.457 e. The topological polar surface area (TPSA) is 156 Å². The number of hydrazine groups is 1. The zero-order valence-corrected chi connectivity index (χ0v) is 16.8. The first-order valence-electron chi connectivity index (χ1n) is 9.53. The highest BCUT2D eigenvalue weighted by Gasteiger charge is 2.20. The number of nitrogens with zero attached hydrogens (tertiary/aromatic N) is 2. The highest BCUT2D eigenvalue weighted by Crippen LogP contribution is 2.28. The second-order valence-corrected chi connectivity index (χ2v) is 6.71. The SMILES string of the molecule is O=C(NNC(=O)c1n[nH]c(=O)c2ccccc12)c1cc([N+](=O)[O-])ccc1Oc1ccccc1. The molecule has 1 heterocycles. The lowest BCUT2D eigenvalue weighted by molar-refractivity contribution is -0.384. The molecule has 0 fully saturated rings. The smallest absolute Gasteiger partial charge is 0.290 e. The Morgan fingerprint density at radius 1 is 0.909 bits per heavy atom. The van der Waals surface area contributed by atoms with E-state index in [2.05, 4.69) is 21.0 Å². The van der Waals surface area contributed by atoms with Gasteiger partial charge in [-0.1, -0.05) is 36.4 Å². The molecule has 33 heavy (non-hydrogen) atoms. The Labute approximate surface area is 185 Å². The summed E-state index contributed by atoms with van der Waals surface area (Å²) in [6.07, 6.45) is 0. The zero-order valence-electron chi connectivity index (χ0n) is 16.8. The predicted octanol–water partition coefficient (Wildman–Crippen LogP) is 2.70. The van der Waals surface area contributed by atoms with E-state index in [1.165, 1.54) is 18.2 Å². The summed E-state index contributed by atoms with van der Waals surface area (Å²) in [7, 11) is 0. The quantitative estimate of drug-likeness (QED) is 0.315. The number of nitro benzene ring substituents is 1. The van der Waals surface area contributed by atoms with Crippen molar-refractivity contribution in [3.8, 4) is 11.5 Å². The van der Waals surface area contributed by atoms with Crippen LogP contribution in [0.25, 0.3) is 10.8 Å². The van der Waals surface area contributed by atoms with E-state index in [4.69, 9.17) is 4.74 Å². The first kappa shape index (κ1) is 21.2. The van der Waals surface area contributed by atoms with Gasteiger partial charge in [-0.25, -0.2) is 5.10 Å². The molecule has 0 atom stereocenters. The van der Waals surface area contributed by atoms with Gasteiger partial charge in [0.05, 0.1) is 15.9 Å². The molecular weight excluding hydrogens is 430 g/mol. The second kappa shape index (κ2) is 8.98. The maximum atomic E-state index is 12.8. The normalized spacial score (nSPS) is 10.4. The van der Waals surface area contributed by atoms with Crippen LogP contribution < -0.4 is 21.1 Å². The second-order valence-electron chi connectivity index (χ2n) is 6.71. The van der Waals surface area contributed by atoms with Gasteiger partial charge < -0.3 is 4.74 Å². The van der Waals surface area contributed by atoms with Gasteiger partial charge in [-0.2, -0.15) is 5.10 Å². The summed E-state index contributed by atoms with van der Waals surface area (Å²) < 4.78 is 5.68. The molecule has 4 aromatic rings. The van der Waals surface area contributed by atoms with Crippen LogP contribution in [0, 0.1) is 10.1 Å². The monoisotopic (exact) mass is 445 g/mol. The molecule has 1 aromatic heterocycles. The van der Waals surface area contributed by atoms with Crippen molar-refractivity contribution in [2.45, 2.75) is 0 Å². The first-order chi connectivity index (χ1) is 15.9. The summed E-state index contributed by atoms with van der Waals surface area (Å²) in [6.45, 7) is 0. The van der Waals surface area contributed by atoms with Crippen LogP contribution in [-0.4, -0.2) is 26.9 Å². The third-order valence-electron chi connectivity index (χ3n) is 4.59. The van der Waals surface area contributed by atoms with Crippen LogP contribution >= 0.6 is 0 Å². The predicted molar refractivity (Wildman–Crippen MR) is 117 cm³/mol. The van der Waals surface area contributed by atoms with Crippen LogP contribution in [0.15, 0.2) is 77.6 Å². The van der Waals surface area contributed by atoms with E-state index < -0.39 is 22.3 Å². The van der Waals surface area contributed by atoms with Crippen LogP contribution in [0.4, 0.5) is 5.69 Å². The minimum absolute atomic E-state index is 0.0474. The fourth-order valence-corrected chi connectivity index (χ4v) is 3.04. The average Bonchev–Trinajstić information content (AvgIpc) is 2.83. The number of hydrogen-bond donors (Lipinski definition) is 3. The van der Waals surface area contributed by atoms with Crippen LogP contribution in [0.1, 0.15) is 20.8 Å². The maximum Gasteiger partial charge on any atom is 0.290 e. The number of aromatic amines is 1. The standard InChI is InChI=1S/C22H15N5O6/c28-20-16-9-5-4-8-15(16)19(23-24-20)22(30)26-25-21(29)17-12-13(27(31)32)10-11-18(17)33-14-6-2-1-3-7-14/h1-12H,(H,24,28)(H,25,29)(H,26,30). The Balaban J connectivity index is 1.59. The highest BCUT2D eigenvalue weighted by atomic mass is 16.6. The molecule has 0 aliphatic rings. The summed E-state index contributed by atoms with van der Waals surface area (Å²) >= 11 is 0. The number of hydrogen-bond acceptors (Lipinski definition) is 7.